The highest BCUT2D eigenvalue weighted by atomic mass is 16.6. The van der Waals surface area contributed by atoms with Crippen molar-refractivity contribution in [2.45, 2.75) is 187 Å². The molecule has 382 valence electrons. The summed E-state index contributed by atoms with van der Waals surface area (Å²) in [6.07, 6.45) is 11.1. The first-order valence-electron chi connectivity index (χ1n) is 24.8. The largest absolute Gasteiger partial charge is 0.460 e. The summed E-state index contributed by atoms with van der Waals surface area (Å²) in [5.41, 5.74) is 1.31. The standard InChI is InChI=1S/C53H81NO14/c1-31-17-13-12-14-18-32(2)44(63-9)29-40-22-20-37(7)53(62,68-40)50(59)51(60)54-24-16-15-19-41(54)52(61)67-45(34(4)27-39-21-23-42(56)46(28-39)64-10)30-43(57)33(3)26-36(6)48(66-38(8)55)49(65-11)47(58)35(5)25-31/h12-14,17-18,26,31,33-35,37,39-42,44-46,48-49,56,62H,15-16,19-25,27-30H2,1-11H3/b14-12+,17-13+,32-18+,36-26+/t31-,33-,34-,35-,37-,39+,40+,41+,42-,44+,45+,46-,48-,49+,53-/m1/s1. The third-order valence-corrected chi connectivity index (χ3v) is 14.7. The Morgan fingerprint density at radius 2 is 1.59 bits per heavy atom. The fourth-order valence-corrected chi connectivity index (χ4v) is 10.4. The second-order valence-corrected chi connectivity index (χ2v) is 20.2. The first kappa shape index (κ1) is 56.7. The van der Waals surface area contributed by atoms with E-state index in [2.05, 4.69) is 0 Å². The van der Waals surface area contributed by atoms with Crippen molar-refractivity contribution >= 4 is 35.2 Å². The van der Waals surface area contributed by atoms with Crippen LogP contribution in [0.15, 0.2) is 47.6 Å². The third-order valence-electron chi connectivity index (χ3n) is 14.7. The Balaban J connectivity index is 1.75. The number of carbonyl (C=O) groups excluding carboxylic acids is 6. The van der Waals surface area contributed by atoms with Gasteiger partial charge in [-0.05, 0) is 107 Å². The van der Waals surface area contributed by atoms with Crippen LogP contribution < -0.4 is 0 Å². The van der Waals surface area contributed by atoms with Crippen LogP contribution in [0.1, 0.15) is 132 Å². The lowest BCUT2D eigenvalue weighted by atomic mass is 9.78. The second kappa shape index (κ2) is 26.4. The molecule has 0 spiro atoms. The van der Waals surface area contributed by atoms with Crippen molar-refractivity contribution in [3.63, 3.8) is 0 Å². The van der Waals surface area contributed by atoms with Gasteiger partial charge in [0.15, 0.2) is 18.0 Å². The van der Waals surface area contributed by atoms with Crippen molar-refractivity contribution in [3.05, 3.63) is 47.6 Å². The molecule has 15 atom stereocenters. The number of cyclic esters (lactones) is 1. The molecule has 4 rings (SSSR count). The molecule has 0 aromatic heterocycles. The number of ketones is 3. The average Bonchev–Trinajstić information content (AvgIpc) is 3.30. The van der Waals surface area contributed by atoms with E-state index in [1.165, 1.54) is 18.9 Å². The van der Waals surface area contributed by atoms with Gasteiger partial charge >= 0.3 is 11.9 Å². The van der Waals surface area contributed by atoms with Gasteiger partial charge in [0.05, 0.1) is 24.4 Å². The van der Waals surface area contributed by atoms with E-state index in [1.807, 2.05) is 58.1 Å². The van der Waals surface area contributed by atoms with Crippen LogP contribution >= 0.6 is 0 Å². The van der Waals surface area contributed by atoms with Crippen LogP contribution in [0, 0.1) is 35.5 Å². The van der Waals surface area contributed by atoms with Gasteiger partial charge in [0.1, 0.15) is 17.9 Å². The highest BCUT2D eigenvalue weighted by molar-refractivity contribution is 6.39. The van der Waals surface area contributed by atoms with Gasteiger partial charge in [0, 0.05) is 65.4 Å². The lowest BCUT2D eigenvalue weighted by Crippen LogP contribution is -2.61. The smallest absolute Gasteiger partial charge is 0.329 e. The molecule has 3 aliphatic heterocycles. The summed E-state index contributed by atoms with van der Waals surface area (Å²) in [5.74, 6) is -8.82. The van der Waals surface area contributed by atoms with Gasteiger partial charge in [-0.25, -0.2) is 4.79 Å². The Bertz CT molecular complexity index is 1870. The van der Waals surface area contributed by atoms with Crippen LogP contribution in [0.25, 0.3) is 0 Å². The van der Waals surface area contributed by atoms with Crippen molar-refractivity contribution in [1.82, 2.24) is 4.90 Å². The van der Waals surface area contributed by atoms with Crippen LogP contribution in [-0.4, -0.2) is 133 Å². The number of rotatable bonds is 7. The number of aliphatic hydroxyl groups is 2. The monoisotopic (exact) mass is 956 g/mol. The number of ether oxygens (including phenoxy) is 6. The van der Waals surface area contributed by atoms with Gasteiger partial charge in [-0.3, -0.25) is 24.0 Å². The number of hydrogen-bond acceptors (Lipinski definition) is 14. The van der Waals surface area contributed by atoms with E-state index in [9.17, 15) is 39.0 Å². The van der Waals surface area contributed by atoms with Crippen LogP contribution in [0.5, 0.6) is 0 Å². The number of carbonyl (C=O) groups is 6. The van der Waals surface area contributed by atoms with E-state index in [0.29, 0.717) is 69.8 Å². The van der Waals surface area contributed by atoms with Gasteiger partial charge in [-0.15, -0.1) is 0 Å². The number of allylic oxidation sites excluding steroid dienone is 6. The number of hydrogen-bond donors (Lipinski definition) is 2. The Morgan fingerprint density at radius 1 is 0.868 bits per heavy atom. The summed E-state index contributed by atoms with van der Waals surface area (Å²) in [6, 6.07) is -1.16. The number of piperidine rings is 1. The first-order valence-corrected chi connectivity index (χ1v) is 24.8. The molecule has 15 nitrogen and oxygen atoms in total. The molecule has 3 heterocycles. The van der Waals surface area contributed by atoms with Crippen molar-refractivity contribution in [2.75, 3.05) is 27.9 Å². The number of methoxy groups -OCH3 is 3. The quantitative estimate of drug-likeness (QED) is 0.154. The summed E-state index contributed by atoms with van der Waals surface area (Å²) < 4.78 is 35.3. The number of aliphatic hydroxyl groups excluding tert-OH is 1. The van der Waals surface area contributed by atoms with E-state index in [1.54, 1.807) is 41.1 Å². The lowest BCUT2D eigenvalue weighted by molar-refractivity contribution is -0.265. The first-order chi connectivity index (χ1) is 32.1. The van der Waals surface area contributed by atoms with Crippen LogP contribution in [-0.2, 0) is 57.2 Å². The van der Waals surface area contributed by atoms with E-state index in [0.717, 1.165) is 5.57 Å². The van der Waals surface area contributed by atoms with Crippen molar-refractivity contribution in [1.29, 1.82) is 0 Å². The summed E-state index contributed by atoms with van der Waals surface area (Å²) in [7, 11) is 4.52. The zero-order chi connectivity index (χ0) is 50.5. The minimum atomic E-state index is -2.44. The average molecular weight is 956 g/mol. The molecule has 1 aliphatic carbocycles. The fourth-order valence-electron chi connectivity index (χ4n) is 10.4. The maximum absolute atomic E-state index is 14.4. The van der Waals surface area contributed by atoms with E-state index >= 15 is 0 Å². The Morgan fingerprint density at radius 3 is 2.25 bits per heavy atom. The molecule has 0 aromatic carbocycles. The fraction of sp³-hybridized carbons (Fsp3) is 0.736. The molecule has 0 unspecified atom stereocenters. The summed E-state index contributed by atoms with van der Waals surface area (Å²) in [6.45, 7) is 14.0. The van der Waals surface area contributed by atoms with Gasteiger partial charge in [-0.1, -0.05) is 71.1 Å². The number of Topliss-reactive ketones (excluding diaryl/α,β-unsaturated/α-hetero) is 3. The van der Waals surface area contributed by atoms with E-state index in [-0.39, 0.29) is 54.8 Å². The molecule has 1 saturated carbocycles. The molecule has 2 N–H and O–H groups in total. The number of fused-ring (bicyclic) bond motifs is 3. The summed E-state index contributed by atoms with van der Waals surface area (Å²) in [4.78, 5) is 85.0. The SMILES string of the molecule is CO[C@H]1C[C@@H]2CC[C@@H](C)[C@@](O)(O2)C(=O)C(=O)N2CCCC[C@H]2C(=O)O[C@H]([C@H](C)C[C@@H]2CC[C@@H](O)[C@H](OC)C2)CC(=O)[C@H](C)/C=C(\C)[C@@H](OC(C)=O)[C@@H](OC)C(=O)[C@H](C)C[C@H](C)/C=C/C=C/C=C/1C. The molecule has 0 aromatic rings. The molecule has 2 bridgehead atoms. The third kappa shape index (κ3) is 15.1. The zero-order valence-corrected chi connectivity index (χ0v) is 42.5. The molecule has 1 amide bonds. The summed E-state index contributed by atoms with van der Waals surface area (Å²) >= 11 is 0. The minimum absolute atomic E-state index is 0.0131. The Labute approximate surface area is 404 Å². The molecule has 3 fully saturated rings. The van der Waals surface area contributed by atoms with Gasteiger partial charge in [0.25, 0.3) is 11.7 Å². The Kier molecular flexibility index (Phi) is 22.0. The summed E-state index contributed by atoms with van der Waals surface area (Å²) in [5, 5.41) is 22.5. The number of esters is 2. The van der Waals surface area contributed by atoms with Gasteiger partial charge in [0.2, 0.25) is 5.79 Å². The molecule has 68 heavy (non-hydrogen) atoms. The predicted molar refractivity (Wildman–Crippen MR) is 255 cm³/mol. The molecule has 15 heteroatoms. The van der Waals surface area contributed by atoms with Gasteiger partial charge in [-0.2, -0.15) is 0 Å². The normalized spacial score (nSPS) is 39.0. The van der Waals surface area contributed by atoms with Crippen LogP contribution in [0.2, 0.25) is 0 Å². The second-order valence-electron chi connectivity index (χ2n) is 20.2. The number of nitrogens with zero attached hydrogens (tertiary/aromatic N) is 1. The molecular weight excluding hydrogens is 875 g/mol. The van der Waals surface area contributed by atoms with E-state index < -0.39 is 89.8 Å². The minimum Gasteiger partial charge on any atom is -0.460 e. The topological polar surface area (TPSA) is 201 Å². The van der Waals surface area contributed by atoms with E-state index in [4.69, 9.17) is 28.4 Å². The van der Waals surface area contributed by atoms with Crippen LogP contribution in [0.3, 0.4) is 0 Å². The predicted octanol–water partition coefficient (Wildman–Crippen LogP) is 6.75. The van der Waals surface area contributed by atoms with Gasteiger partial charge < -0.3 is 43.5 Å². The zero-order valence-electron chi connectivity index (χ0n) is 42.5. The lowest BCUT2D eigenvalue weighted by Gasteiger charge is -2.42. The molecule has 2 saturated heterocycles. The number of amides is 1. The molecule has 4 aliphatic rings. The maximum Gasteiger partial charge on any atom is 0.329 e. The molecular formula is C53H81NO14. The highest BCUT2D eigenvalue weighted by Crippen LogP contribution is 2.38. The van der Waals surface area contributed by atoms with Crippen molar-refractivity contribution in [2.24, 2.45) is 35.5 Å². The maximum atomic E-state index is 14.4. The Hall–Kier alpha value is -3.86. The highest BCUT2D eigenvalue weighted by Gasteiger charge is 2.53. The molecule has 0 radical (unpaired) electrons. The van der Waals surface area contributed by atoms with Crippen molar-refractivity contribution in [3.8, 4) is 0 Å². The van der Waals surface area contributed by atoms with Crippen molar-refractivity contribution < 1.29 is 67.4 Å². The van der Waals surface area contributed by atoms with Crippen LogP contribution in [0.4, 0.5) is 0 Å².